The van der Waals surface area contributed by atoms with Gasteiger partial charge >= 0.3 is 0 Å². The quantitative estimate of drug-likeness (QED) is 0.899. The summed E-state index contributed by atoms with van der Waals surface area (Å²) >= 11 is 6.19. The number of fused-ring (bicyclic) bond motifs is 3. The molecule has 134 valence electrons. The summed E-state index contributed by atoms with van der Waals surface area (Å²) in [4.78, 5) is 0. The Morgan fingerprint density at radius 3 is 2.72 bits per heavy atom. The summed E-state index contributed by atoms with van der Waals surface area (Å²) < 4.78 is 8.24. The maximum Gasteiger partial charge on any atom is 0.151 e. The molecule has 4 rings (SSSR count). The third-order valence-electron chi connectivity index (χ3n) is 5.14. The number of halogens is 1. The lowest BCUT2D eigenvalue weighted by atomic mass is 9.86. The number of nitrogens with one attached hydrogen (secondary N) is 1. The van der Waals surface area contributed by atoms with Crippen LogP contribution in [-0.2, 0) is 17.8 Å². The van der Waals surface area contributed by atoms with E-state index in [0.29, 0.717) is 18.1 Å². The van der Waals surface area contributed by atoms with Crippen LogP contribution in [-0.4, -0.2) is 27.0 Å². The van der Waals surface area contributed by atoms with Crippen molar-refractivity contribution in [2.45, 2.75) is 70.7 Å². The van der Waals surface area contributed by atoms with Gasteiger partial charge in [0.2, 0.25) is 0 Å². The number of hydrogen-bond acceptors (Lipinski definition) is 4. The number of ether oxygens (including phenoxy) is 1. The molecule has 2 aliphatic rings. The molecule has 1 fully saturated rings. The molecule has 2 heterocycles. The van der Waals surface area contributed by atoms with Crippen molar-refractivity contribution < 1.29 is 4.74 Å². The first kappa shape index (κ1) is 17.0. The van der Waals surface area contributed by atoms with Crippen LogP contribution in [0.15, 0.2) is 18.2 Å². The van der Waals surface area contributed by atoms with Crippen molar-refractivity contribution in [2.75, 3.05) is 0 Å². The molecule has 0 spiro atoms. The predicted molar refractivity (Wildman–Crippen MR) is 98.1 cm³/mol. The summed E-state index contributed by atoms with van der Waals surface area (Å²) in [5.41, 5.74) is 2.36. The maximum absolute atomic E-state index is 6.19. The molecule has 0 radical (unpaired) electrons. The van der Waals surface area contributed by atoms with Gasteiger partial charge in [0.15, 0.2) is 5.82 Å². The van der Waals surface area contributed by atoms with Crippen molar-refractivity contribution in [3.05, 3.63) is 40.4 Å². The highest BCUT2D eigenvalue weighted by Gasteiger charge is 2.29. The van der Waals surface area contributed by atoms with Gasteiger partial charge in [-0.15, -0.1) is 10.2 Å². The van der Waals surface area contributed by atoms with E-state index in [1.807, 2.05) is 12.1 Å². The zero-order valence-electron chi connectivity index (χ0n) is 14.8. The fourth-order valence-corrected chi connectivity index (χ4v) is 4.23. The molecular formula is C19H25ClN4O. The monoisotopic (exact) mass is 360 g/mol. The first-order valence-electron chi connectivity index (χ1n) is 9.21. The van der Waals surface area contributed by atoms with Gasteiger partial charge in [0.1, 0.15) is 5.82 Å². The molecule has 0 saturated heterocycles. The van der Waals surface area contributed by atoms with Crippen LogP contribution >= 0.6 is 11.6 Å². The highest BCUT2D eigenvalue weighted by atomic mass is 35.5. The Morgan fingerprint density at radius 2 is 1.96 bits per heavy atom. The third-order valence-corrected chi connectivity index (χ3v) is 5.38. The third kappa shape index (κ3) is 3.46. The zero-order chi connectivity index (χ0) is 17.4. The first-order chi connectivity index (χ1) is 12.1. The van der Waals surface area contributed by atoms with E-state index in [0.717, 1.165) is 61.1 Å². The highest BCUT2D eigenvalue weighted by Crippen LogP contribution is 2.36. The molecule has 25 heavy (non-hydrogen) atoms. The summed E-state index contributed by atoms with van der Waals surface area (Å²) in [6.45, 7) is 5.75. The van der Waals surface area contributed by atoms with E-state index in [-0.39, 0.29) is 0 Å². The lowest BCUT2D eigenvalue weighted by molar-refractivity contribution is -0.0151. The zero-order valence-corrected chi connectivity index (χ0v) is 15.6. The van der Waals surface area contributed by atoms with Crippen LogP contribution < -0.4 is 5.32 Å². The van der Waals surface area contributed by atoms with Crippen molar-refractivity contribution >= 4 is 11.6 Å². The van der Waals surface area contributed by atoms with Crippen LogP contribution in [0.4, 0.5) is 0 Å². The standard InChI is InChI=1S/C19H25ClN4O/c1-12(2)25-16-6-3-13(4-7-16)19-23-22-18-11-21-10-14-9-15(20)5-8-17(14)24(18)19/h5,8-9,12-13,16,21H,3-4,6-7,10-11H2,1-2H3/t13-,16+. The van der Waals surface area contributed by atoms with Crippen molar-refractivity contribution in [3.8, 4) is 5.69 Å². The van der Waals surface area contributed by atoms with Gasteiger partial charge in [-0.3, -0.25) is 4.57 Å². The summed E-state index contributed by atoms with van der Waals surface area (Å²) in [5, 5.41) is 13.2. The molecule has 1 N–H and O–H groups in total. The molecule has 0 unspecified atom stereocenters. The molecule has 1 aromatic heterocycles. The second kappa shape index (κ2) is 7.06. The van der Waals surface area contributed by atoms with E-state index in [4.69, 9.17) is 16.3 Å². The molecule has 1 aliphatic carbocycles. The van der Waals surface area contributed by atoms with Crippen LogP contribution in [0.25, 0.3) is 5.69 Å². The van der Waals surface area contributed by atoms with Gasteiger partial charge in [0.25, 0.3) is 0 Å². The van der Waals surface area contributed by atoms with Crippen molar-refractivity contribution in [1.82, 2.24) is 20.1 Å². The predicted octanol–water partition coefficient (Wildman–Crippen LogP) is 3.98. The Morgan fingerprint density at radius 1 is 1.16 bits per heavy atom. The largest absolute Gasteiger partial charge is 0.376 e. The Kier molecular flexibility index (Phi) is 4.80. The van der Waals surface area contributed by atoms with Gasteiger partial charge in [0.05, 0.1) is 24.4 Å². The van der Waals surface area contributed by atoms with Gasteiger partial charge in [0, 0.05) is 17.5 Å². The smallest absolute Gasteiger partial charge is 0.151 e. The Labute approximate surface area is 153 Å². The molecule has 0 bridgehead atoms. The van der Waals surface area contributed by atoms with Crippen LogP contribution in [0.2, 0.25) is 5.02 Å². The number of rotatable bonds is 3. The van der Waals surface area contributed by atoms with Crippen molar-refractivity contribution in [2.24, 2.45) is 0 Å². The minimum atomic E-state index is 0.300. The van der Waals surface area contributed by atoms with Crippen molar-refractivity contribution in [1.29, 1.82) is 0 Å². The molecule has 1 saturated carbocycles. The Bertz CT molecular complexity index is 750. The molecule has 5 nitrogen and oxygen atoms in total. The van der Waals surface area contributed by atoms with Crippen molar-refractivity contribution in [3.63, 3.8) is 0 Å². The lowest BCUT2D eigenvalue weighted by Gasteiger charge is -2.29. The van der Waals surface area contributed by atoms with E-state index in [9.17, 15) is 0 Å². The second-order valence-corrected chi connectivity index (χ2v) is 7.78. The average molecular weight is 361 g/mol. The Hall–Kier alpha value is -1.43. The number of nitrogens with zero attached hydrogens (tertiary/aromatic N) is 3. The SMILES string of the molecule is CC(C)O[C@H]1CC[C@@H](c2nnc3n2-c2ccc(Cl)cc2CNC3)CC1. The number of aromatic nitrogens is 3. The average Bonchev–Trinajstić information content (AvgIpc) is 2.91. The van der Waals surface area contributed by atoms with Crippen LogP contribution in [0.3, 0.4) is 0 Å². The van der Waals surface area contributed by atoms with E-state index in [2.05, 4.69) is 40.0 Å². The van der Waals surface area contributed by atoms with Gasteiger partial charge in [-0.1, -0.05) is 11.6 Å². The van der Waals surface area contributed by atoms with Crippen LogP contribution in [0, 0.1) is 0 Å². The van der Waals surface area contributed by atoms with E-state index in [1.54, 1.807) is 0 Å². The van der Waals surface area contributed by atoms with Crippen LogP contribution in [0.5, 0.6) is 0 Å². The maximum atomic E-state index is 6.19. The molecule has 0 atom stereocenters. The van der Waals surface area contributed by atoms with E-state index >= 15 is 0 Å². The lowest BCUT2D eigenvalue weighted by Crippen LogP contribution is -2.25. The summed E-state index contributed by atoms with van der Waals surface area (Å²) in [6.07, 6.45) is 5.08. The van der Waals surface area contributed by atoms with E-state index < -0.39 is 0 Å². The summed E-state index contributed by atoms with van der Waals surface area (Å²) in [6, 6.07) is 6.08. The van der Waals surface area contributed by atoms with E-state index in [1.165, 1.54) is 5.56 Å². The number of benzene rings is 1. The fourth-order valence-electron chi connectivity index (χ4n) is 4.04. The van der Waals surface area contributed by atoms with Gasteiger partial charge in [-0.05, 0) is 63.3 Å². The minimum absolute atomic E-state index is 0.300. The first-order valence-corrected chi connectivity index (χ1v) is 9.59. The molecule has 0 amide bonds. The molecule has 1 aromatic carbocycles. The topological polar surface area (TPSA) is 52.0 Å². The number of hydrogen-bond donors (Lipinski definition) is 1. The Balaban J connectivity index is 1.62. The van der Waals surface area contributed by atoms with Gasteiger partial charge in [-0.2, -0.15) is 0 Å². The molecule has 6 heteroatoms. The molecule has 2 aromatic rings. The summed E-state index contributed by atoms with van der Waals surface area (Å²) in [5.74, 6) is 2.51. The second-order valence-electron chi connectivity index (χ2n) is 7.34. The highest BCUT2D eigenvalue weighted by molar-refractivity contribution is 6.30. The van der Waals surface area contributed by atoms with Gasteiger partial charge in [-0.25, -0.2) is 0 Å². The van der Waals surface area contributed by atoms with Crippen LogP contribution in [0.1, 0.15) is 62.7 Å². The summed E-state index contributed by atoms with van der Waals surface area (Å²) in [7, 11) is 0. The minimum Gasteiger partial charge on any atom is -0.376 e. The molecule has 1 aliphatic heterocycles. The van der Waals surface area contributed by atoms with Gasteiger partial charge < -0.3 is 10.1 Å². The fraction of sp³-hybridized carbons (Fsp3) is 0.579. The molecular weight excluding hydrogens is 336 g/mol. The normalized spacial score (nSPS) is 23.2.